The van der Waals surface area contributed by atoms with Crippen LogP contribution >= 0.6 is 11.3 Å². The number of hydrogen-bond acceptors (Lipinski definition) is 3. The lowest BCUT2D eigenvalue weighted by Gasteiger charge is -2.20. The van der Waals surface area contributed by atoms with Crippen LogP contribution in [0.2, 0.25) is 0 Å². The van der Waals surface area contributed by atoms with Gasteiger partial charge in [-0.25, -0.2) is 0 Å². The number of aryl methyl sites for hydroxylation is 1. The summed E-state index contributed by atoms with van der Waals surface area (Å²) in [5, 5.41) is 5.12. The van der Waals surface area contributed by atoms with E-state index in [1.807, 2.05) is 79.9 Å². The van der Waals surface area contributed by atoms with E-state index < -0.39 is 0 Å². The van der Waals surface area contributed by atoms with Gasteiger partial charge in [-0.2, -0.15) is 0 Å². The molecule has 1 aromatic heterocycles. The SMILES string of the molecule is CCOc1ccc(C(NC(=O)c2sccc2C)c2ccccc2)cc1. The van der Waals surface area contributed by atoms with Gasteiger partial charge in [-0.3, -0.25) is 4.79 Å². The standard InChI is InChI=1S/C21H21NO2S/c1-3-24-18-11-9-17(10-12-18)19(16-7-5-4-6-8-16)22-21(23)20-15(2)13-14-25-20/h4-14,19H,3H2,1-2H3,(H,22,23). The van der Waals surface area contributed by atoms with Crippen molar-refractivity contribution in [2.24, 2.45) is 0 Å². The van der Waals surface area contributed by atoms with Gasteiger partial charge in [-0.05, 0) is 54.1 Å². The molecule has 0 spiro atoms. The molecular formula is C21H21NO2S. The quantitative estimate of drug-likeness (QED) is 0.680. The molecule has 0 aliphatic carbocycles. The van der Waals surface area contributed by atoms with E-state index in [-0.39, 0.29) is 11.9 Å². The van der Waals surface area contributed by atoms with E-state index >= 15 is 0 Å². The lowest BCUT2D eigenvalue weighted by Crippen LogP contribution is -2.29. The van der Waals surface area contributed by atoms with Crippen molar-refractivity contribution in [2.45, 2.75) is 19.9 Å². The van der Waals surface area contributed by atoms with Crippen molar-refractivity contribution in [3.63, 3.8) is 0 Å². The summed E-state index contributed by atoms with van der Waals surface area (Å²) in [6.45, 7) is 4.56. The molecule has 128 valence electrons. The average molecular weight is 351 g/mol. The van der Waals surface area contributed by atoms with E-state index in [1.54, 1.807) is 0 Å². The van der Waals surface area contributed by atoms with E-state index in [9.17, 15) is 4.79 Å². The minimum Gasteiger partial charge on any atom is -0.494 e. The molecule has 0 saturated heterocycles. The molecule has 1 amide bonds. The number of amides is 1. The highest BCUT2D eigenvalue weighted by Crippen LogP contribution is 2.26. The molecule has 2 aromatic carbocycles. The summed E-state index contributed by atoms with van der Waals surface area (Å²) in [5.41, 5.74) is 3.08. The molecule has 4 heteroatoms. The zero-order valence-corrected chi connectivity index (χ0v) is 15.2. The second-order valence-electron chi connectivity index (χ2n) is 5.75. The van der Waals surface area contributed by atoms with Gasteiger partial charge in [0.25, 0.3) is 5.91 Å². The van der Waals surface area contributed by atoms with Crippen LogP contribution in [0.4, 0.5) is 0 Å². The topological polar surface area (TPSA) is 38.3 Å². The molecule has 1 N–H and O–H groups in total. The molecule has 0 radical (unpaired) electrons. The molecule has 1 heterocycles. The number of thiophene rings is 1. The Morgan fingerprint density at radius 2 is 1.72 bits per heavy atom. The molecule has 25 heavy (non-hydrogen) atoms. The Morgan fingerprint density at radius 3 is 2.32 bits per heavy atom. The lowest BCUT2D eigenvalue weighted by molar-refractivity contribution is 0.0946. The number of benzene rings is 2. The molecule has 3 aromatic rings. The van der Waals surface area contributed by atoms with Crippen LogP contribution in [-0.4, -0.2) is 12.5 Å². The second-order valence-corrected chi connectivity index (χ2v) is 6.67. The third-order valence-electron chi connectivity index (χ3n) is 4.00. The third kappa shape index (κ3) is 4.09. The van der Waals surface area contributed by atoms with Crippen LogP contribution in [0.25, 0.3) is 0 Å². The maximum atomic E-state index is 12.7. The normalized spacial score (nSPS) is 11.8. The Morgan fingerprint density at radius 1 is 1.04 bits per heavy atom. The van der Waals surface area contributed by atoms with Crippen LogP contribution in [0.3, 0.4) is 0 Å². The summed E-state index contributed by atoms with van der Waals surface area (Å²) in [5.74, 6) is 0.786. The third-order valence-corrected chi connectivity index (χ3v) is 5.02. The van der Waals surface area contributed by atoms with Gasteiger partial charge >= 0.3 is 0 Å². The second kappa shape index (κ2) is 7.99. The van der Waals surface area contributed by atoms with Crippen LogP contribution in [0.15, 0.2) is 66.0 Å². The molecule has 0 fully saturated rings. The summed E-state index contributed by atoms with van der Waals surface area (Å²) in [6, 6.07) is 19.7. The molecule has 1 unspecified atom stereocenters. The molecule has 0 aliphatic heterocycles. The number of carbonyl (C=O) groups is 1. The van der Waals surface area contributed by atoms with Crippen molar-refractivity contribution in [3.05, 3.63) is 87.6 Å². The van der Waals surface area contributed by atoms with Crippen molar-refractivity contribution < 1.29 is 9.53 Å². The molecule has 3 nitrogen and oxygen atoms in total. The first-order chi connectivity index (χ1) is 12.2. The van der Waals surface area contributed by atoms with Gasteiger partial charge in [0.15, 0.2) is 0 Å². The predicted octanol–water partition coefficient (Wildman–Crippen LogP) is 4.97. The highest BCUT2D eigenvalue weighted by atomic mass is 32.1. The van der Waals surface area contributed by atoms with Gasteiger partial charge < -0.3 is 10.1 Å². The van der Waals surface area contributed by atoms with Crippen molar-refractivity contribution in [1.29, 1.82) is 0 Å². The fraction of sp³-hybridized carbons (Fsp3) is 0.190. The zero-order valence-electron chi connectivity index (χ0n) is 14.4. The summed E-state index contributed by atoms with van der Waals surface area (Å²) in [4.78, 5) is 13.5. The number of ether oxygens (including phenoxy) is 1. The maximum Gasteiger partial charge on any atom is 0.262 e. The minimum atomic E-state index is -0.203. The fourth-order valence-electron chi connectivity index (χ4n) is 2.73. The van der Waals surface area contributed by atoms with Crippen LogP contribution in [0, 0.1) is 6.92 Å². The predicted molar refractivity (Wildman–Crippen MR) is 102 cm³/mol. The molecule has 1 atom stereocenters. The van der Waals surface area contributed by atoms with E-state index in [0.717, 1.165) is 27.3 Å². The van der Waals surface area contributed by atoms with Crippen molar-refractivity contribution in [3.8, 4) is 5.75 Å². The number of hydrogen-bond donors (Lipinski definition) is 1. The van der Waals surface area contributed by atoms with Crippen LogP contribution in [0.5, 0.6) is 5.75 Å². The van der Waals surface area contributed by atoms with Crippen molar-refractivity contribution >= 4 is 17.2 Å². The summed E-state index contributed by atoms with van der Waals surface area (Å²) in [7, 11) is 0. The molecule has 0 bridgehead atoms. The molecular weight excluding hydrogens is 330 g/mol. The first kappa shape index (κ1) is 17.2. The Labute approximate surface area is 152 Å². The highest BCUT2D eigenvalue weighted by molar-refractivity contribution is 7.12. The highest BCUT2D eigenvalue weighted by Gasteiger charge is 2.19. The smallest absolute Gasteiger partial charge is 0.262 e. The van der Waals surface area contributed by atoms with Crippen LogP contribution < -0.4 is 10.1 Å². The Hall–Kier alpha value is -2.59. The fourth-order valence-corrected chi connectivity index (χ4v) is 3.56. The first-order valence-corrected chi connectivity index (χ1v) is 9.19. The molecule has 0 saturated carbocycles. The van der Waals surface area contributed by atoms with Crippen LogP contribution in [0.1, 0.15) is 39.3 Å². The molecule has 3 rings (SSSR count). The van der Waals surface area contributed by atoms with E-state index in [0.29, 0.717) is 6.61 Å². The van der Waals surface area contributed by atoms with Gasteiger partial charge in [0, 0.05) is 0 Å². The first-order valence-electron chi connectivity index (χ1n) is 8.31. The van der Waals surface area contributed by atoms with Gasteiger partial charge in [0.1, 0.15) is 5.75 Å². The van der Waals surface area contributed by atoms with E-state index in [1.165, 1.54) is 11.3 Å². The zero-order chi connectivity index (χ0) is 17.6. The van der Waals surface area contributed by atoms with Gasteiger partial charge in [0.05, 0.1) is 17.5 Å². The number of nitrogens with one attached hydrogen (secondary N) is 1. The van der Waals surface area contributed by atoms with Crippen molar-refractivity contribution in [1.82, 2.24) is 5.32 Å². The molecule has 0 aliphatic rings. The average Bonchev–Trinajstić information content (AvgIpc) is 3.07. The van der Waals surface area contributed by atoms with Gasteiger partial charge in [-0.1, -0.05) is 42.5 Å². The van der Waals surface area contributed by atoms with Crippen molar-refractivity contribution in [2.75, 3.05) is 6.61 Å². The Bertz CT molecular complexity index is 825. The minimum absolute atomic E-state index is 0.0461. The Kier molecular flexibility index (Phi) is 5.51. The maximum absolute atomic E-state index is 12.7. The van der Waals surface area contributed by atoms with Gasteiger partial charge in [-0.15, -0.1) is 11.3 Å². The number of carbonyl (C=O) groups excluding carboxylic acids is 1. The Balaban J connectivity index is 1.90. The monoisotopic (exact) mass is 351 g/mol. The number of rotatable bonds is 6. The summed E-state index contributed by atoms with van der Waals surface area (Å²) in [6.07, 6.45) is 0. The summed E-state index contributed by atoms with van der Waals surface area (Å²) < 4.78 is 5.52. The van der Waals surface area contributed by atoms with Crippen LogP contribution in [-0.2, 0) is 0 Å². The lowest BCUT2D eigenvalue weighted by atomic mass is 9.98. The van der Waals surface area contributed by atoms with Gasteiger partial charge in [0.2, 0.25) is 0 Å². The van der Waals surface area contributed by atoms with E-state index in [4.69, 9.17) is 4.74 Å². The summed E-state index contributed by atoms with van der Waals surface area (Å²) >= 11 is 1.47. The largest absolute Gasteiger partial charge is 0.494 e. The van der Waals surface area contributed by atoms with E-state index in [2.05, 4.69) is 5.32 Å².